The number of amides is 1. The van der Waals surface area contributed by atoms with Crippen LogP contribution in [-0.2, 0) is 0 Å². The zero-order valence-corrected chi connectivity index (χ0v) is 12.5. The Morgan fingerprint density at radius 3 is 3.06 bits per heavy atom. The van der Waals surface area contributed by atoms with Crippen molar-refractivity contribution in [2.24, 2.45) is 5.92 Å². The van der Waals surface area contributed by atoms with Gasteiger partial charge in [-0.3, -0.25) is 4.79 Å². The molecule has 102 valence electrons. The van der Waals surface area contributed by atoms with E-state index in [0.717, 1.165) is 16.3 Å². The Labute approximate surface area is 121 Å². The smallest absolute Gasteiger partial charge is 0.262 e. The van der Waals surface area contributed by atoms with Crippen LogP contribution in [0.5, 0.6) is 0 Å². The molecule has 0 radical (unpaired) electrons. The molecule has 1 fully saturated rings. The summed E-state index contributed by atoms with van der Waals surface area (Å²) in [5.41, 5.74) is 0. The lowest BCUT2D eigenvalue weighted by Crippen LogP contribution is -2.34. The van der Waals surface area contributed by atoms with Gasteiger partial charge >= 0.3 is 0 Å². The molecule has 1 saturated heterocycles. The Bertz CT molecular complexity index is 400. The maximum absolute atomic E-state index is 11.9. The van der Waals surface area contributed by atoms with E-state index < -0.39 is 0 Å². The molecule has 2 rings (SSSR count). The molecule has 0 bridgehead atoms. The monoisotopic (exact) mass is 308 g/mol. The van der Waals surface area contributed by atoms with Gasteiger partial charge in [0.15, 0.2) is 0 Å². The average Bonchev–Trinajstić information content (AvgIpc) is 2.94. The third-order valence-corrected chi connectivity index (χ3v) is 4.71. The molecule has 3 N–H and O–H groups in total. The van der Waals surface area contributed by atoms with Crippen LogP contribution in [0.15, 0.2) is 16.3 Å². The fourth-order valence-corrected chi connectivity index (χ4v) is 3.52. The third-order valence-electron chi connectivity index (χ3n) is 2.88. The number of thioether (sulfide) groups is 1. The highest BCUT2D eigenvalue weighted by atomic mass is 35.5. The van der Waals surface area contributed by atoms with E-state index in [0.29, 0.717) is 13.1 Å². The largest absolute Gasteiger partial charge is 0.391 e. The summed E-state index contributed by atoms with van der Waals surface area (Å²) in [6.45, 7) is 1.91. The second-order valence-corrected chi connectivity index (χ2v) is 5.78. The number of aliphatic hydroxyl groups excluding tert-OH is 1. The zero-order chi connectivity index (χ0) is 12.3. The molecule has 1 aromatic rings. The van der Waals surface area contributed by atoms with Gasteiger partial charge in [0.2, 0.25) is 0 Å². The Kier molecular flexibility index (Phi) is 6.45. The first kappa shape index (κ1) is 15.8. The lowest BCUT2D eigenvalue weighted by Gasteiger charge is -2.13. The number of β-amino-alcohol motifs (C(OH)–C–C–N with tert-alkyl or cyclic N) is 1. The second-order valence-electron chi connectivity index (χ2n) is 4.01. The Balaban J connectivity index is 0.00000162. The van der Waals surface area contributed by atoms with Gasteiger partial charge in [0.25, 0.3) is 5.91 Å². The quantitative estimate of drug-likeness (QED) is 0.732. The summed E-state index contributed by atoms with van der Waals surface area (Å²) in [6.07, 6.45) is 1.61. The highest BCUT2D eigenvalue weighted by molar-refractivity contribution is 7.98. The van der Waals surface area contributed by atoms with Gasteiger partial charge in [0.05, 0.1) is 6.10 Å². The maximum Gasteiger partial charge on any atom is 0.262 e. The number of nitrogens with one attached hydrogen (secondary N) is 2. The first-order valence-electron chi connectivity index (χ1n) is 5.51. The van der Waals surface area contributed by atoms with Crippen molar-refractivity contribution in [1.29, 1.82) is 0 Å². The minimum atomic E-state index is -0.348. The van der Waals surface area contributed by atoms with Gasteiger partial charge in [0.1, 0.15) is 4.88 Å². The summed E-state index contributed by atoms with van der Waals surface area (Å²) < 4.78 is 0. The molecule has 0 saturated carbocycles. The van der Waals surface area contributed by atoms with E-state index >= 15 is 0 Å². The van der Waals surface area contributed by atoms with Crippen LogP contribution in [0.4, 0.5) is 0 Å². The molecule has 1 amide bonds. The van der Waals surface area contributed by atoms with Crippen molar-refractivity contribution in [2.45, 2.75) is 11.0 Å². The predicted molar refractivity (Wildman–Crippen MR) is 78.0 cm³/mol. The van der Waals surface area contributed by atoms with E-state index in [4.69, 9.17) is 0 Å². The van der Waals surface area contributed by atoms with E-state index in [1.807, 2.05) is 17.7 Å². The molecule has 1 aliphatic heterocycles. The molecule has 2 atom stereocenters. The third kappa shape index (κ3) is 3.61. The van der Waals surface area contributed by atoms with Crippen molar-refractivity contribution in [3.8, 4) is 0 Å². The summed E-state index contributed by atoms with van der Waals surface area (Å²) in [6, 6.07) is 1.95. The minimum absolute atomic E-state index is 0. The zero-order valence-electron chi connectivity index (χ0n) is 10.0. The molecular weight excluding hydrogens is 292 g/mol. The van der Waals surface area contributed by atoms with Crippen LogP contribution in [0.3, 0.4) is 0 Å². The summed E-state index contributed by atoms with van der Waals surface area (Å²) >= 11 is 3.03. The molecule has 18 heavy (non-hydrogen) atoms. The number of carbonyl (C=O) groups excluding carboxylic acids is 1. The number of aliphatic hydroxyl groups is 1. The lowest BCUT2D eigenvalue weighted by atomic mass is 10.1. The molecule has 2 unspecified atom stereocenters. The van der Waals surface area contributed by atoms with Crippen LogP contribution in [0, 0.1) is 5.92 Å². The standard InChI is InChI=1S/C11H16N2O2S2.ClH/c1-16-9-2-3-17-10(9)11(15)13-5-7-4-12-6-8(7)14;/h2-3,7-8,12,14H,4-6H2,1H3,(H,13,15);1H. The molecule has 1 aliphatic rings. The highest BCUT2D eigenvalue weighted by Gasteiger charge is 2.25. The number of hydrogen-bond donors (Lipinski definition) is 3. The van der Waals surface area contributed by atoms with E-state index in [1.165, 1.54) is 11.3 Å². The molecule has 0 spiro atoms. The van der Waals surface area contributed by atoms with Gasteiger partial charge in [-0.15, -0.1) is 35.5 Å². The summed E-state index contributed by atoms with van der Waals surface area (Å²) in [4.78, 5) is 13.7. The van der Waals surface area contributed by atoms with Crippen molar-refractivity contribution in [3.63, 3.8) is 0 Å². The number of rotatable bonds is 4. The van der Waals surface area contributed by atoms with E-state index in [-0.39, 0.29) is 30.3 Å². The summed E-state index contributed by atoms with van der Waals surface area (Å²) in [5.74, 6) is 0.0834. The highest BCUT2D eigenvalue weighted by Crippen LogP contribution is 2.25. The van der Waals surface area contributed by atoms with Gasteiger partial charge in [-0.25, -0.2) is 0 Å². The van der Waals surface area contributed by atoms with E-state index in [2.05, 4.69) is 10.6 Å². The van der Waals surface area contributed by atoms with Gasteiger partial charge in [-0.1, -0.05) is 0 Å². The number of thiophene rings is 1. The van der Waals surface area contributed by atoms with E-state index in [9.17, 15) is 9.90 Å². The molecule has 0 aromatic carbocycles. The lowest BCUT2D eigenvalue weighted by molar-refractivity contribution is 0.0928. The summed E-state index contributed by atoms with van der Waals surface area (Å²) in [7, 11) is 0. The first-order valence-corrected chi connectivity index (χ1v) is 7.61. The van der Waals surface area contributed by atoms with Crippen LogP contribution in [-0.4, -0.2) is 43.0 Å². The first-order chi connectivity index (χ1) is 8.22. The van der Waals surface area contributed by atoms with Crippen LogP contribution in [0.1, 0.15) is 9.67 Å². The number of hydrogen-bond acceptors (Lipinski definition) is 5. The SMILES string of the molecule is CSc1ccsc1C(=O)NCC1CNCC1O.Cl. The molecule has 2 heterocycles. The maximum atomic E-state index is 11.9. The van der Waals surface area contributed by atoms with Crippen LogP contribution in [0.2, 0.25) is 0 Å². The molecular formula is C11H17ClN2O2S2. The number of carbonyl (C=O) groups is 1. The van der Waals surface area contributed by atoms with Crippen LogP contribution < -0.4 is 10.6 Å². The van der Waals surface area contributed by atoms with Gasteiger partial charge in [-0.2, -0.15) is 0 Å². The minimum Gasteiger partial charge on any atom is -0.391 e. The predicted octanol–water partition coefficient (Wildman–Crippen LogP) is 1.20. The topological polar surface area (TPSA) is 61.4 Å². The normalized spacial score (nSPS) is 22.6. The Morgan fingerprint density at radius 1 is 1.67 bits per heavy atom. The fraction of sp³-hybridized carbons (Fsp3) is 0.545. The van der Waals surface area contributed by atoms with Gasteiger partial charge in [-0.05, 0) is 17.7 Å². The van der Waals surface area contributed by atoms with Gasteiger partial charge < -0.3 is 15.7 Å². The van der Waals surface area contributed by atoms with Crippen LogP contribution >= 0.6 is 35.5 Å². The van der Waals surface area contributed by atoms with Crippen molar-refractivity contribution in [1.82, 2.24) is 10.6 Å². The van der Waals surface area contributed by atoms with Crippen LogP contribution in [0.25, 0.3) is 0 Å². The van der Waals surface area contributed by atoms with Crippen molar-refractivity contribution >= 4 is 41.4 Å². The number of halogens is 1. The second kappa shape index (κ2) is 7.35. The van der Waals surface area contributed by atoms with Crippen molar-refractivity contribution in [2.75, 3.05) is 25.9 Å². The molecule has 0 aliphatic carbocycles. The Morgan fingerprint density at radius 2 is 2.44 bits per heavy atom. The molecule has 4 nitrogen and oxygen atoms in total. The molecule has 7 heteroatoms. The average molecular weight is 309 g/mol. The van der Waals surface area contributed by atoms with E-state index in [1.54, 1.807) is 11.8 Å². The van der Waals surface area contributed by atoms with Crippen molar-refractivity contribution in [3.05, 3.63) is 16.3 Å². The molecule has 1 aromatic heterocycles. The Hall–Kier alpha value is -0.270. The fourth-order valence-electron chi connectivity index (χ4n) is 1.86. The summed E-state index contributed by atoms with van der Waals surface area (Å²) in [5, 5.41) is 17.5. The van der Waals surface area contributed by atoms with Crippen molar-refractivity contribution < 1.29 is 9.90 Å². The van der Waals surface area contributed by atoms with Gasteiger partial charge in [0, 0.05) is 30.4 Å².